The number of carbonyl (C=O) groups excluding carboxylic acids is 3. The van der Waals surface area contributed by atoms with Crippen molar-refractivity contribution < 1.29 is 27.9 Å². The number of amides is 4. The number of nitriles is 1. The number of methoxy groups -OCH3 is 1. The smallest absolute Gasteiger partial charge is 0.337 e. The summed E-state index contributed by atoms with van der Waals surface area (Å²) in [6.07, 6.45) is 3.00. The molecule has 2 aromatic carbocycles. The molecular weight excluding hydrogens is 532 g/mol. The van der Waals surface area contributed by atoms with Gasteiger partial charge in [0.15, 0.2) is 11.6 Å². The van der Waals surface area contributed by atoms with Gasteiger partial charge in [-0.3, -0.25) is 0 Å². The molecule has 4 rings (SSSR count). The van der Waals surface area contributed by atoms with E-state index in [1.54, 1.807) is 6.92 Å². The molecule has 1 unspecified atom stereocenters. The van der Waals surface area contributed by atoms with Crippen LogP contribution in [0.2, 0.25) is 0 Å². The van der Waals surface area contributed by atoms with Crippen LogP contribution in [0.25, 0.3) is 0 Å². The van der Waals surface area contributed by atoms with Crippen LogP contribution in [-0.4, -0.2) is 49.2 Å². The summed E-state index contributed by atoms with van der Waals surface area (Å²) >= 11 is 0. The number of ether oxygens (including phenoxy) is 1. The molecule has 0 radical (unpaired) electrons. The van der Waals surface area contributed by atoms with Crippen molar-refractivity contribution in [3.8, 4) is 6.07 Å². The minimum absolute atomic E-state index is 0.0117. The van der Waals surface area contributed by atoms with Crippen molar-refractivity contribution in [1.29, 1.82) is 5.26 Å². The molecule has 216 valence electrons. The highest BCUT2D eigenvalue weighted by atomic mass is 19.2. The maximum absolute atomic E-state index is 14.2. The van der Waals surface area contributed by atoms with Crippen LogP contribution in [0.3, 0.4) is 0 Å². The van der Waals surface area contributed by atoms with E-state index < -0.39 is 41.1 Å². The molecule has 0 aromatic heterocycles. The molecule has 1 saturated carbocycles. The molecule has 0 saturated heterocycles. The van der Waals surface area contributed by atoms with E-state index in [0.29, 0.717) is 43.4 Å². The fourth-order valence-electron chi connectivity index (χ4n) is 5.43. The van der Waals surface area contributed by atoms with Gasteiger partial charge in [0, 0.05) is 24.3 Å². The predicted octanol–water partition coefficient (Wildman–Crippen LogP) is 4.57. The first kappa shape index (κ1) is 29.7. The number of nitrogens with one attached hydrogen (secondary N) is 3. The first-order chi connectivity index (χ1) is 19.7. The molecule has 4 amide bonds. The number of nitrogens with zero attached hydrogens (tertiary/aromatic N) is 2. The Balaban J connectivity index is 1.41. The van der Waals surface area contributed by atoms with Crippen LogP contribution in [-0.2, 0) is 14.9 Å². The van der Waals surface area contributed by atoms with Crippen molar-refractivity contribution in [2.75, 3.05) is 20.2 Å². The van der Waals surface area contributed by atoms with Crippen LogP contribution in [0.5, 0.6) is 0 Å². The maximum atomic E-state index is 14.2. The van der Waals surface area contributed by atoms with E-state index in [0.717, 1.165) is 22.6 Å². The number of imide groups is 1. The second-order valence-electron chi connectivity index (χ2n) is 10.4. The quantitative estimate of drug-likeness (QED) is 0.403. The zero-order chi connectivity index (χ0) is 29.6. The van der Waals surface area contributed by atoms with E-state index >= 15 is 0 Å². The van der Waals surface area contributed by atoms with Crippen molar-refractivity contribution in [1.82, 2.24) is 20.9 Å². The summed E-state index contributed by atoms with van der Waals surface area (Å²) in [6, 6.07) is 14.1. The van der Waals surface area contributed by atoms with Crippen LogP contribution >= 0.6 is 0 Å². The number of urea groups is 2. The van der Waals surface area contributed by atoms with Gasteiger partial charge in [-0.05, 0) is 62.3 Å². The van der Waals surface area contributed by atoms with Crippen molar-refractivity contribution in [2.24, 2.45) is 0 Å². The fraction of sp³-hybridized carbons (Fsp3) is 0.400. The van der Waals surface area contributed by atoms with Gasteiger partial charge in [0.1, 0.15) is 0 Å². The molecule has 9 nitrogen and oxygen atoms in total. The Hall–Kier alpha value is -4.30. The van der Waals surface area contributed by atoms with Crippen LogP contribution in [0.1, 0.15) is 56.2 Å². The summed E-state index contributed by atoms with van der Waals surface area (Å²) in [4.78, 5) is 38.1. The molecule has 41 heavy (non-hydrogen) atoms. The highest BCUT2D eigenvalue weighted by Crippen LogP contribution is 2.39. The number of hydrogen-bond donors (Lipinski definition) is 3. The van der Waals surface area contributed by atoms with Crippen LogP contribution in [0.4, 0.5) is 18.4 Å². The standard InChI is InChI=1S/C30H33F2N5O4/c1-19-23(27(38)41-2)17-37(29(40)35-19)28(39)34-15-12-26(20-8-9-24(31)25(32)16-20)36-22-10-13-30(18-33,14-11-22)21-6-4-3-5-7-21/h3-9,16,22,26,36H,10-15,17H2,1-2H3,(H,34,39)(H,35,40). The topological polar surface area (TPSA) is 124 Å². The summed E-state index contributed by atoms with van der Waals surface area (Å²) in [5.74, 6) is -2.58. The van der Waals surface area contributed by atoms with E-state index in [9.17, 15) is 28.4 Å². The van der Waals surface area contributed by atoms with Gasteiger partial charge in [-0.15, -0.1) is 0 Å². The van der Waals surface area contributed by atoms with E-state index in [1.807, 2.05) is 30.3 Å². The molecule has 1 heterocycles. The monoisotopic (exact) mass is 565 g/mol. The van der Waals surface area contributed by atoms with Gasteiger partial charge in [0.25, 0.3) is 0 Å². The van der Waals surface area contributed by atoms with Gasteiger partial charge >= 0.3 is 18.0 Å². The molecular formula is C30H33F2N5O4. The lowest BCUT2D eigenvalue weighted by Gasteiger charge is -2.37. The van der Waals surface area contributed by atoms with E-state index in [-0.39, 0.29) is 24.7 Å². The lowest BCUT2D eigenvalue weighted by Crippen LogP contribution is -2.53. The third kappa shape index (κ3) is 6.72. The Kier molecular flexibility index (Phi) is 9.35. The summed E-state index contributed by atoms with van der Waals surface area (Å²) in [5.41, 5.74) is 1.40. The molecule has 0 bridgehead atoms. The highest BCUT2D eigenvalue weighted by molar-refractivity contribution is 6.00. The van der Waals surface area contributed by atoms with Crippen LogP contribution in [0, 0.1) is 23.0 Å². The zero-order valence-electron chi connectivity index (χ0n) is 23.0. The fourth-order valence-corrected chi connectivity index (χ4v) is 5.43. The molecule has 3 N–H and O–H groups in total. The molecule has 11 heteroatoms. The van der Waals surface area contributed by atoms with Crippen LogP contribution < -0.4 is 16.0 Å². The molecule has 1 aliphatic heterocycles. The van der Waals surface area contributed by atoms with Crippen molar-refractivity contribution in [3.63, 3.8) is 0 Å². The lowest BCUT2D eigenvalue weighted by molar-refractivity contribution is -0.136. The third-order valence-electron chi connectivity index (χ3n) is 7.86. The number of benzene rings is 2. The number of carbonyl (C=O) groups is 3. The number of hydrogen-bond acceptors (Lipinski definition) is 6. The summed E-state index contributed by atoms with van der Waals surface area (Å²) in [5, 5.41) is 18.7. The number of halogens is 2. The van der Waals surface area contributed by atoms with Gasteiger partial charge in [-0.1, -0.05) is 36.4 Å². The predicted molar refractivity (Wildman–Crippen MR) is 146 cm³/mol. The van der Waals surface area contributed by atoms with Gasteiger partial charge in [-0.25, -0.2) is 28.1 Å². The Bertz CT molecular complexity index is 1370. The largest absolute Gasteiger partial charge is 0.466 e. The van der Waals surface area contributed by atoms with Crippen molar-refractivity contribution in [3.05, 3.63) is 82.6 Å². The minimum atomic E-state index is -0.975. The summed E-state index contributed by atoms with van der Waals surface area (Å²) in [7, 11) is 1.21. The Morgan fingerprint density at radius 1 is 1.17 bits per heavy atom. The maximum Gasteiger partial charge on any atom is 0.337 e. The van der Waals surface area contributed by atoms with Crippen LogP contribution in [0.15, 0.2) is 59.8 Å². The highest BCUT2D eigenvalue weighted by Gasteiger charge is 2.38. The molecule has 1 atom stereocenters. The van der Waals surface area contributed by atoms with Gasteiger partial charge in [-0.2, -0.15) is 5.26 Å². The van der Waals surface area contributed by atoms with Crippen molar-refractivity contribution in [2.45, 2.75) is 56.5 Å². The molecule has 2 aromatic rings. The Morgan fingerprint density at radius 2 is 1.88 bits per heavy atom. The third-order valence-corrected chi connectivity index (χ3v) is 7.86. The minimum Gasteiger partial charge on any atom is -0.466 e. The van der Waals surface area contributed by atoms with Gasteiger partial charge in [0.2, 0.25) is 0 Å². The first-order valence-corrected chi connectivity index (χ1v) is 13.5. The zero-order valence-corrected chi connectivity index (χ0v) is 23.0. The Labute approximate surface area is 237 Å². The SMILES string of the molecule is COC(=O)C1=C(C)NC(=O)N(C(=O)NCCC(NC2CCC(C#N)(c3ccccc3)CC2)c2ccc(F)c(F)c2)C1. The second-order valence-corrected chi connectivity index (χ2v) is 10.4. The molecule has 2 aliphatic rings. The first-order valence-electron chi connectivity index (χ1n) is 13.5. The van der Waals surface area contributed by atoms with Crippen molar-refractivity contribution >= 4 is 18.0 Å². The molecule has 1 fully saturated rings. The summed E-state index contributed by atoms with van der Waals surface area (Å²) < 4.78 is 32.6. The van der Waals surface area contributed by atoms with Gasteiger partial charge in [0.05, 0.1) is 30.7 Å². The lowest BCUT2D eigenvalue weighted by atomic mass is 9.69. The van der Waals surface area contributed by atoms with E-state index in [2.05, 4.69) is 22.0 Å². The van der Waals surface area contributed by atoms with E-state index in [1.165, 1.54) is 13.2 Å². The number of esters is 1. The van der Waals surface area contributed by atoms with E-state index in [4.69, 9.17) is 4.74 Å². The normalized spacial score (nSPS) is 21.5. The van der Waals surface area contributed by atoms with Gasteiger partial charge < -0.3 is 20.7 Å². The molecule has 0 spiro atoms. The second kappa shape index (κ2) is 12.9. The average molecular weight is 566 g/mol. The molecule has 1 aliphatic carbocycles. The summed E-state index contributed by atoms with van der Waals surface area (Å²) in [6.45, 7) is 1.41. The number of rotatable bonds is 8. The average Bonchev–Trinajstić information content (AvgIpc) is 2.98. The Morgan fingerprint density at radius 3 is 2.51 bits per heavy atom. The number of allylic oxidation sites excluding steroid dienone is 1.